The summed E-state index contributed by atoms with van der Waals surface area (Å²) in [5.74, 6) is -1.15. The van der Waals surface area contributed by atoms with Gasteiger partial charge in [-0.25, -0.2) is 17.2 Å². The van der Waals surface area contributed by atoms with Gasteiger partial charge >= 0.3 is 18.0 Å². The van der Waals surface area contributed by atoms with Gasteiger partial charge in [0.1, 0.15) is 10.6 Å². The quantitative estimate of drug-likeness (QED) is 0.313. The Labute approximate surface area is 197 Å². The molecule has 0 amide bonds. The number of hydrogen-bond acceptors (Lipinski definition) is 2. The molecule has 0 saturated heterocycles. The molecule has 0 N–H and O–H groups in total. The molecule has 3 atom stereocenters. The third kappa shape index (κ3) is 3.59. The van der Waals surface area contributed by atoms with Crippen LogP contribution in [0.15, 0.2) is 47.4 Å². The van der Waals surface area contributed by atoms with Gasteiger partial charge in [0.05, 0.1) is 4.90 Å². The SMILES string of the molecule is CC[C@@H]1CC[C@@]2(S(=O)(=O)c3ccc(F)cc3)c3ccc(C(F)(C(F)(F)F)C(F)(F)F)cc3CC[C@@H]12. The van der Waals surface area contributed by atoms with E-state index in [0.717, 1.165) is 30.3 Å². The molecule has 4 rings (SSSR count). The summed E-state index contributed by atoms with van der Waals surface area (Å²) < 4.78 is 134. The van der Waals surface area contributed by atoms with E-state index in [1.54, 1.807) is 0 Å². The third-order valence-electron chi connectivity index (χ3n) is 7.65. The van der Waals surface area contributed by atoms with Gasteiger partial charge in [0.2, 0.25) is 0 Å². The summed E-state index contributed by atoms with van der Waals surface area (Å²) in [6, 6.07) is 5.94. The number of benzene rings is 2. The number of halogens is 8. The second-order valence-electron chi connectivity index (χ2n) is 9.22. The Bertz CT molecular complexity index is 1200. The minimum Gasteiger partial charge on any atom is -0.223 e. The number of alkyl halides is 7. The molecule has 192 valence electrons. The van der Waals surface area contributed by atoms with Crippen molar-refractivity contribution >= 4 is 9.84 Å². The second kappa shape index (κ2) is 8.18. The highest BCUT2D eigenvalue weighted by molar-refractivity contribution is 7.92. The van der Waals surface area contributed by atoms with Crippen LogP contribution in [0.4, 0.5) is 35.1 Å². The van der Waals surface area contributed by atoms with Gasteiger partial charge in [0.25, 0.3) is 0 Å². The molecule has 2 aliphatic carbocycles. The van der Waals surface area contributed by atoms with E-state index in [9.17, 15) is 43.5 Å². The highest BCUT2D eigenvalue weighted by Crippen LogP contribution is 2.61. The molecule has 0 unspecified atom stereocenters. The van der Waals surface area contributed by atoms with Crippen molar-refractivity contribution in [3.8, 4) is 0 Å². The smallest absolute Gasteiger partial charge is 0.223 e. The second-order valence-corrected chi connectivity index (χ2v) is 11.4. The highest BCUT2D eigenvalue weighted by Gasteiger charge is 2.73. The minimum absolute atomic E-state index is 0.0107. The van der Waals surface area contributed by atoms with Gasteiger partial charge in [-0.05, 0) is 72.9 Å². The number of sulfone groups is 1. The average Bonchev–Trinajstić information content (AvgIpc) is 3.17. The zero-order valence-electron chi connectivity index (χ0n) is 18.5. The topological polar surface area (TPSA) is 34.1 Å². The van der Waals surface area contributed by atoms with Gasteiger partial charge in [-0.3, -0.25) is 0 Å². The summed E-state index contributed by atoms with van der Waals surface area (Å²) in [6.07, 6.45) is -11.1. The van der Waals surface area contributed by atoms with Crippen LogP contribution in [0.25, 0.3) is 0 Å². The van der Waals surface area contributed by atoms with Crippen molar-refractivity contribution in [2.45, 2.75) is 66.7 Å². The predicted molar refractivity (Wildman–Crippen MR) is 111 cm³/mol. The molecule has 0 spiro atoms. The lowest BCUT2D eigenvalue weighted by Crippen LogP contribution is -2.50. The normalized spacial score (nSPS) is 25.3. The van der Waals surface area contributed by atoms with E-state index in [1.165, 1.54) is 0 Å². The lowest BCUT2D eigenvalue weighted by molar-refractivity contribution is -0.348. The van der Waals surface area contributed by atoms with Gasteiger partial charge in [-0.2, -0.15) is 26.3 Å². The van der Waals surface area contributed by atoms with Crippen molar-refractivity contribution in [2.75, 3.05) is 0 Å². The van der Waals surface area contributed by atoms with Gasteiger partial charge in [0.15, 0.2) is 9.84 Å². The first kappa shape index (κ1) is 25.9. The van der Waals surface area contributed by atoms with Gasteiger partial charge < -0.3 is 0 Å². The summed E-state index contributed by atoms with van der Waals surface area (Å²) in [4.78, 5) is -0.192. The molecule has 11 heteroatoms. The van der Waals surface area contributed by atoms with E-state index in [1.807, 2.05) is 6.92 Å². The average molecular weight is 526 g/mol. The molecule has 0 bridgehead atoms. The summed E-state index contributed by atoms with van der Waals surface area (Å²) in [6.45, 7) is 1.88. The number of hydrogen-bond donors (Lipinski definition) is 0. The monoisotopic (exact) mass is 526 g/mol. The number of rotatable bonds is 4. The maximum atomic E-state index is 14.7. The van der Waals surface area contributed by atoms with Crippen LogP contribution in [-0.2, 0) is 26.7 Å². The molecular formula is C24H22F8O2S. The molecule has 0 radical (unpaired) electrons. The molecule has 0 aromatic heterocycles. The van der Waals surface area contributed by atoms with E-state index < -0.39 is 49.9 Å². The Kier molecular flexibility index (Phi) is 6.05. The van der Waals surface area contributed by atoms with Crippen LogP contribution in [0.3, 0.4) is 0 Å². The van der Waals surface area contributed by atoms with Crippen molar-refractivity contribution < 1.29 is 43.5 Å². The van der Waals surface area contributed by atoms with Crippen LogP contribution < -0.4 is 0 Å². The van der Waals surface area contributed by atoms with Gasteiger partial charge in [-0.15, -0.1) is 0 Å². The molecule has 2 nitrogen and oxygen atoms in total. The maximum absolute atomic E-state index is 14.7. The lowest BCUT2D eigenvalue weighted by Gasteiger charge is -2.43. The highest BCUT2D eigenvalue weighted by atomic mass is 32.2. The van der Waals surface area contributed by atoms with Crippen LogP contribution in [-0.4, -0.2) is 20.8 Å². The fourth-order valence-electron chi connectivity index (χ4n) is 5.99. The third-order valence-corrected chi connectivity index (χ3v) is 10.2. The predicted octanol–water partition coefficient (Wildman–Crippen LogP) is 7.17. The molecule has 2 aromatic rings. The molecule has 0 aliphatic heterocycles. The largest absolute Gasteiger partial charge is 0.435 e. The van der Waals surface area contributed by atoms with Crippen molar-refractivity contribution in [3.05, 3.63) is 65.0 Å². The maximum Gasteiger partial charge on any atom is 0.435 e. The van der Waals surface area contributed by atoms with Crippen LogP contribution >= 0.6 is 0 Å². The van der Waals surface area contributed by atoms with Gasteiger partial charge in [0, 0.05) is 5.56 Å². The Hall–Kier alpha value is -2.17. The zero-order chi connectivity index (χ0) is 26.0. The Morgan fingerprint density at radius 1 is 0.914 bits per heavy atom. The van der Waals surface area contributed by atoms with E-state index in [-0.39, 0.29) is 41.2 Å². The minimum atomic E-state index is -6.27. The van der Waals surface area contributed by atoms with Gasteiger partial charge in [-0.1, -0.05) is 31.5 Å². The van der Waals surface area contributed by atoms with Crippen molar-refractivity contribution in [3.63, 3.8) is 0 Å². The summed E-state index contributed by atoms with van der Waals surface area (Å²) in [5, 5.41) is 0. The van der Waals surface area contributed by atoms with Crippen LogP contribution in [0.1, 0.15) is 49.3 Å². The number of aryl methyl sites for hydroxylation is 1. The van der Waals surface area contributed by atoms with E-state index in [0.29, 0.717) is 25.0 Å². The zero-order valence-corrected chi connectivity index (χ0v) is 19.3. The van der Waals surface area contributed by atoms with Crippen molar-refractivity contribution in [1.29, 1.82) is 0 Å². The fraction of sp³-hybridized carbons (Fsp3) is 0.500. The number of fused-ring (bicyclic) bond motifs is 3. The van der Waals surface area contributed by atoms with Crippen LogP contribution in [0.2, 0.25) is 0 Å². The lowest BCUT2D eigenvalue weighted by atomic mass is 9.72. The van der Waals surface area contributed by atoms with E-state index >= 15 is 0 Å². The Morgan fingerprint density at radius 2 is 1.51 bits per heavy atom. The van der Waals surface area contributed by atoms with Crippen molar-refractivity contribution in [1.82, 2.24) is 0 Å². The summed E-state index contributed by atoms with van der Waals surface area (Å²) in [7, 11) is -4.24. The molecule has 2 aromatic carbocycles. The summed E-state index contributed by atoms with van der Waals surface area (Å²) >= 11 is 0. The molecule has 0 heterocycles. The Morgan fingerprint density at radius 3 is 2.06 bits per heavy atom. The first-order valence-electron chi connectivity index (χ1n) is 11.1. The molecule has 1 fully saturated rings. The fourth-order valence-corrected chi connectivity index (χ4v) is 8.49. The summed E-state index contributed by atoms with van der Waals surface area (Å²) in [5.41, 5.74) is -7.20. The molecule has 1 saturated carbocycles. The van der Waals surface area contributed by atoms with Crippen LogP contribution in [0, 0.1) is 17.7 Å². The first-order valence-corrected chi connectivity index (χ1v) is 12.6. The van der Waals surface area contributed by atoms with E-state index in [4.69, 9.17) is 0 Å². The molecule has 35 heavy (non-hydrogen) atoms. The van der Waals surface area contributed by atoms with Crippen LogP contribution in [0.5, 0.6) is 0 Å². The Balaban J connectivity index is 1.95. The van der Waals surface area contributed by atoms with E-state index in [2.05, 4.69) is 0 Å². The molecule has 2 aliphatic rings. The van der Waals surface area contributed by atoms with Crippen molar-refractivity contribution in [2.24, 2.45) is 11.8 Å². The standard InChI is InChI=1S/C24H22F8O2S/c1-2-14-11-12-21(35(33,34)18-7-5-17(25)6-8-18)19(14)9-3-15-13-16(4-10-20(15)21)22(26,23(27,28)29)24(30,31)32/h4-8,10,13-14,19H,2-3,9,11-12H2,1H3/t14-,19+,21+/m1/s1. The molecular weight excluding hydrogens is 504 g/mol. The first-order chi connectivity index (χ1) is 16.1.